The molecule has 1 aliphatic rings. The van der Waals surface area contributed by atoms with Crippen molar-refractivity contribution in [3.8, 4) is 0 Å². The van der Waals surface area contributed by atoms with Crippen LogP contribution in [-0.4, -0.2) is 59.3 Å². The molecule has 0 aromatic carbocycles. The number of hydrogen-bond acceptors (Lipinski definition) is 5. The summed E-state index contributed by atoms with van der Waals surface area (Å²) < 4.78 is 11.2. The highest BCUT2D eigenvalue weighted by atomic mass is 16.5. The number of likely N-dealkylation sites (tertiary alicyclic amines) is 1. The molecule has 0 aliphatic carbocycles. The Kier molecular flexibility index (Phi) is 6.42. The molecule has 0 atom stereocenters. The minimum absolute atomic E-state index is 0.290. The molecule has 0 saturated carbocycles. The van der Waals surface area contributed by atoms with Gasteiger partial charge in [0.15, 0.2) is 0 Å². The second-order valence-corrected chi connectivity index (χ2v) is 5.68. The van der Waals surface area contributed by atoms with Crippen molar-refractivity contribution >= 4 is 0 Å². The van der Waals surface area contributed by atoms with Crippen molar-refractivity contribution in [3.63, 3.8) is 0 Å². The minimum atomic E-state index is 0.290. The lowest BCUT2D eigenvalue weighted by molar-refractivity contribution is 0.00188. The van der Waals surface area contributed by atoms with Gasteiger partial charge >= 0.3 is 0 Å². The molecule has 0 radical (unpaired) electrons. The van der Waals surface area contributed by atoms with Crippen molar-refractivity contribution in [2.24, 2.45) is 5.92 Å². The van der Waals surface area contributed by atoms with Gasteiger partial charge in [0.2, 0.25) is 0 Å². The molecule has 6 nitrogen and oxygen atoms in total. The standard InChI is InChI=1S/C14H26N4O2/c1-12(2)20-8-7-19-11-13-3-5-18(6-4-13)10-14-9-15-17-16-14/h9,12-13H,3-8,10-11H2,1-2H3,(H,15,16,17). The van der Waals surface area contributed by atoms with Crippen LogP contribution in [0.5, 0.6) is 0 Å². The highest BCUT2D eigenvalue weighted by Crippen LogP contribution is 2.18. The van der Waals surface area contributed by atoms with Gasteiger partial charge in [-0.1, -0.05) is 0 Å². The van der Waals surface area contributed by atoms with Crippen molar-refractivity contribution in [2.75, 3.05) is 32.9 Å². The van der Waals surface area contributed by atoms with Gasteiger partial charge in [-0.05, 0) is 45.7 Å². The molecule has 1 aromatic heterocycles. The Morgan fingerprint density at radius 3 is 2.80 bits per heavy atom. The average Bonchev–Trinajstić information content (AvgIpc) is 2.93. The quantitative estimate of drug-likeness (QED) is 0.731. The third-order valence-electron chi connectivity index (χ3n) is 3.59. The van der Waals surface area contributed by atoms with Gasteiger partial charge in [0.25, 0.3) is 0 Å². The molecule has 0 amide bonds. The van der Waals surface area contributed by atoms with Crippen LogP contribution in [0.15, 0.2) is 6.20 Å². The number of nitrogens with one attached hydrogen (secondary N) is 1. The topological polar surface area (TPSA) is 63.3 Å². The fraction of sp³-hybridized carbons (Fsp3) is 0.857. The summed E-state index contributed by atoms with van der Waals surface area (Å²) in [4.78, 5) is 2.43. The second-order valence-electron chi connectivity index (χ2n) is 5.68. The van der Waals surface area contributed by atoms with Crippen LogP contribution in [-0.2, 0) is 16.0 Å². The minimum Gasteiger partial charge on any atom is -0.379 e. The SMILES string of the molecule is CC(C)OCCOCC1CCN(Cc2cn[nH]n2)CC1. The first-order chi connectivity index (χ1) is 9.74. The van der Waals surface area contributed by atoms with Crippen molar-refractivity contribution in [1.82, 2.24) is 20.3 Å². The largest absolute Gasteiger partial charge is 0.379 e. The van der Waals surface area contributed by atoms with E-state index in [1.165, 1.54) is 12.8 Å². The third-order valence-corrected chi connectivity index (χ3v) is 3.59. The zero-order valence-electron chi connectivity index (χ0n) is 12.5. The second kappa shape index (κ2) is 8.34. The summed E-state index contributed by atoms with van der Waals surface area (Å²) in [6.07, 6.45) is 4.48. The van der Waals surface area contributed by atoms with Gasteiger partial charge in [-0.2, -0.15) is 15.4 Å². The Bertz CT molecular complexity index is 348. The lowest BCUT2D eigenvalue weighted by Crippen LogP contribution is -2.34. The molecule has 1 fully saturated rings. The molecule has 2 heterocycles. The number of aromatic amines is 1. The summed E-state index contributed by atoms with van der Waals surface area (Å²) in [7, 11) is 0. The van der Waals surface area contributed by atoms with Crippen molar-refractivity contribution in [2.45, 2.75) is 39.3 Å². The number of ether oxygens (including phenoxy) is 2. The zero-order chi connectivity index (χ0) is 14.2. The van der Waals surface area contributed by atoms with Crippen LogP contribution < -0.4 is 0 Å². The maximum absolute atomic E-state index is 5.69. The molecule has 1 aliphatic heterocycles. The Labute approximate surface area is 120 Å². The van der Waals surface area contributed by atoms with Crippen molar-refractivity contribution < 1.29 is 9.47 Å². The van der Waals surface area contributed by atoms with E-state index in [0.717, 1.165) is 31.9 Å². The summed E-state index contributed by atoms with van der Waals surface area (Å²) in [5.74, 6) is 0.683. The van der Waals surface area contributed by atoms with E-state index in [1.807, 2.05) is 13.8 Å². The van der Waals surface area contributed by atoms with Crippen LogP contribution in [0.1, 0.15) is 32.4 Å². The van der Waals surface area contributed by atoms with Crippen LogP contribution in [0.3, 0.4) is 0 Å². The number of rotatable bonds is 8. The van der Waals surface area contributed by atoms with Crippen LogP contribution in [0.25, 0.3) is 0 Å². The summed E-state index contributed by atoms with van der Waals surface area (Å²) in [5, 5.41) is 10.6. The zero-order valence-corrected chi connectivity index (χ0v) is 12.5. The van der Waals surface area contributed by atoms with Crippen LogP contribution in [0.2, 0.25) is 0 Å². The molecular weight excluding hydrogens is 256 g/mol. The molecule has 6 heteroatoms. The van der Waals surface area contributed by atoms with Gasteiger partial charge in [-0.15, -0.1) is 0 Å². The summed E-state index contributed by atoms with van der Waals surface area (Å²) in [5.41, 5.74) is 1.02. The van der Waals surface area contributed by atoms with E-state index in [0.29, 0.717) is 25.2 Å². The van der Waals surface area contributed by atoms with E-state index in [4.69, 9.17) is 9.47 Å². The van der Waals surface area contributed by atoms with E-state index >= 15 is 0 Å². The Balaban J connectivity index is 1.53. The number of H-pyrrole nitrogens is 1. The lowest BCUT2D eigenvalue weighted by Gasteiger charge is -2.31. The number of hydrogen-bond donors (Lipinski definition) is 1. The van der Waals surface area contributed by atoms with Crippen LogP contribution in [0.4, 0.5) is 0 Å². The highest BCUT2D eigenvalue weighted by Gasteiger charge is 2.19. The number of aromatic nitrogens is 3. The Morgan fingerprint density at radius 2 is 2.15 bits per heavy atom. The summed E-state index contributed by atoms with van der Waals surface area (Å²) >= 11 is 0. The van der Waals surface area contributed by atoms with E-state index in [1.54, 1.807) is 6.20 Å². The van der Waals surface area contributed by atoms with Crippen molar-refractivity contribution in [3.05, 3.63) is 11.9 Å². The lowest BCUT2D eigenvalue weighted by atomic mass is 9.98. The first-order valence-corrected chi connectivity index (χ1v) is 7.50. The van der Waals surface area contributed by atoms with Crippen LogP contribution in [0, 0.1) is 5.92 Å². The van der Waals surface area contributed by atoms with E-state index in [9.17, 15) is 0 Å². The Hall–Kier alpha value is -0.980. The maximum atomic E-state index is 5.69. The molecule has 1 N–H and O–H groups in total. The predicted octanol–water partition coefficient (Wildman–Crippen LogP) is 1.46. The summed E-state index contributed by atoms with van der Waals surface area (Å²) in [6, 6.07) is 0. The van der Waals surface area contributed by atoms with Gasteiger partial charge in [0, 0.05) is 13.2 Å². The maximum Gasteiger partial charge on any atom is 0.0964 e. The van der Waals surface area contributed by atoms with Crippen molar-refractivity contribution in [1.29, 1.82) is 0 Å². The molecule has 0 spiro atoms. The molecule has 1 aromatic rings. The summed E-state index contributed by atoms with van der Waals surface area (Å²) in [6.45, 7) is 9.48. The van der Waals surface area contributed by atoms with E-state index in [2.05, 4.69) is 20.3 Å². The number of nitrogens with zero attached hydrogens (tertiary/aromatic N) is 3. The molecule has 114 valence electrons. The van der Waals surface area contributed by atoms with Gasteiger partial charge in [-0.3, -0.25) is 4.90 Å². The first kappa shape index (κ1) is 15.4. The highest BCUT2D eigenvalue weighted by molar-refractivity contribution is 4.90. The van der Waals surface area contributed by atoms with Gasteiger partial charge in [0.1, 0.15) is 0 Å². The van der Waals surface area contributed by atoms with Gasteiger partial charge in [0.05, 0.1) is 31.2 Å². The monoisotopic (exact) mass is 282 g/mol. The van der Waals surface area contributed by atoms with E-state index < -0.39 is 0 Å². The van der Waals surface area contributed by atoms with Gasteiger partial charge < -0.3 is 9.47 Å². The molecule has 0 bridgehead atoms. The molecule has 0 unspecified atom stereocenters. The Morgan fingerprint density at radius 1 is 1.35 bits per heavy atom. The molecule has 20 heavy (non-hydrogen) atoms. The predicted molar refractivity (Wildman–Crippen MR) is 76.3 cm³/mol. The molecule has 1 saturated heterocycles. The van der Waals surface area contributed by atoms with Crippen LogP contribution >= 0.6 is 0 Å². The average molecular weight is 282 g/mol. The molecule has 2 rings (SSSR count). The fourth-order valence-corrected chi connectivity index (χ4v) is 2.43. The normalized spacial score (nSPS) is 17.9. The number of piperidine rings is 1. The first-order valence-electron chi connectivity index (χ1n) is 7.50. The third kappa shape index (κ3) is 5.56. The van der Waals surface area contributed by atoms with E-state index in [-0.39, 0.29) is 0 Å². The smallest absolute Gasteiger partial charge is 0.0964 e. The molecular formula is C14H26N4O2. The van der Waals surface area contributed by atoms with Gasteiger partial charge in [-0.25, -0.2) is 0 Å². The fourth-order valence-electron chi connectivity index (χ4n) is 2.43.